The Kier molecular flexibility index (Phi) is 5.39. The number of benzene rings is 2. The molecule has 0 unspecified atom stereocenters. The van der Waals surface area contributed by atoms with E-state index in [4.69, 9.17) is 4.74 Å². The van der Waals surface area contributed by atoms with Gasteiger partial charge in [-0.05, 0) is 62.1 Å². The molecule has 0 spiro atoms. The van der Waals surface area contributed by atoms with Crippen molar-refractivity contribution < 1.29 is 17.9 Å². The lowest BCUT2D eigenvalue weighted by atomic mass is 9.96. The average molecular weight is 403 g/mol. The number of anilines is 1. The number of hydrogen-bond donors (Lipinski definition) is 1. The summed E-state index contributed by atoms with van der Waals surface area (Å²) in [5, 5.41) is 2.97. The first-order valence-electron chi connectivity index (χ1n) is 9.19. The molecule has 0 aliphatic carbocycles. The third kappa shape index (κ3) is 3.99. The number of nitrogens with one attached hydrogen (secondary N) is 1. The second kappa shape index (κ2) is 7.47. The van der Waals surface area contributed by atoms with Gasteiger partial charge in [0.1, 0.15) is 5.75 Å². The first-order chi connectivity index (χ1) is 13.1. The zero-order valence-electron chi connectivity index (χ0n) is 16.8. The van der Waals surface area contributed by atoms with Crippen LogP contribution in [0.2, 0.25) is 0 Å². The van der Waals surface area contributed by atoms with E-state index in [1.807, 2.05) is 20.8 Å². The number of nitrogens with zero attached hydrogens (tertiary/aromatic N) is 1. The van der Waals surface area contributed by atoms with Gasteiger partial charge in [-0.1, -0.05) is 24.3 Å². The molecule has 150 valence electrons. The van der Waals surface area contributed by atoms with E-state index >= 15 is 0 Å². The van der Waals surface area contributed by atoms with Crippen LogP contribution >= 0.6 is 0 Å². The lowest BCUT2D eigenvalue weighted by molar-refractivity contribution is -0.128. The van der Waals surface area contributed by atoms with Crippen molar-refractivity contribution in [2.45, 2.75) is 39.8 Å². The first kappa shape index (κ1) is 20.2. The molecule has 1 aliphatic heterocycles. The van der Waals surface area contributed by atoms with Crippen LogP contribution in [0.25, 0.3) is 0 Å². The Balaban J connectivity index is 1.83. The SMILES string of the molecule is Cc1cc(C)c([C@@H](C)NC(=O)[C@H]2CN(S(C)(=O)=O)c3ccccc3O2)cc1C. The molecule has 0 radical (unpaired) electrons. The van der Waals surface area contributed by atoms with Crippen molar-refractivity contribution in [3.8, 4) is 5.75 Å². The highest BCUT2D eigenvalue weighted by Crippen LogP contribution is 2.34. The first-order valence-corrected chi connectivity index (χ1v) is 11.0. The molecule has 0 saturated carbocycles. The van der Waals surface area contributed by atoms with Crippen LogP contribution < -0.4 is 14.4 Å². The number of carbonyl (C=O) groups excluding carboxylic acids is 1. The van der Waals surface area contributed by atoms with Gasteiger partial charge in [-0.3, -0.25) is 9.10 Å². The summed E-state index contributed by atoms with van der Waals surface area (Å²) in [7, 11) is -3.53. The molecule has 2 aromatic carbocycles. The number of carbonyl (C=O) groups is 1. The fraction of sp³-hybridized carbons (Fsp3) is 0.381. The van der Waals surface area contributed by atoms with E-state index < -0.39 is 16.1 Å². The Labute approximate surface area is 166 Å². The molecule has 1 aliphatic rings. The number of para-hydroxylation sites is 2. The van der Waals surface area contributed by atoms with Gasteiger partial charge < -0.3 is 10.1 Å². The minimum absolute atomic E-state index is 0.0553. The number of amides is 1. The van der Waals surface area contributed by atoms with Crippen LogP contribution in [0, 0.1) is 20.8 Å². The highest BCUT2D eigenvalue weighted by atomic mass is 32.2. The minimum Gasteiger partial charge on any atom is -0.476 e. The number of aryl methyl sites for hydroxylation is 3. The molecule has 6 nitrogen and oxygen atoms in total. The molecule has 3 rings (SSSR count). The zero-order chi connectivity index (χ0) is 20.6. The third-order valence-electron chi connectivity index (χ3n) is 5.14. The van der Waals surface area contributed by atoms with Gasteiger partial charge in [0.05, 0.1) is 24.5 Å². The lowest BCUT2D eigenvalue weighted by Crippen LogP contribution is -2.50. The normalized spacial score (nSPS) is 17.5. The van der Waals surface area contributed by atoms with Crippen LogP contribution in [0.3, 0.4) is 0 Å². The molecule has 0 bridgehead atoms. The number of hydrogen-bond acceptors (Lipinski definition) is 4. The van der Waals surface area contributed by atoms with Crippen LogP contribution in [-0.2, 0) is 14.8 Å². The molecule has 2 atom stereocenters. The van der Waals surface area contributed by atoms with Crippen LogP contribution in [0.1, 0.15) is 35.2 Å². The van der Waals surface area contributed by atoms with Crippen molar-refractivity contribution in [1.82, 2.24) is 5.32 Å². The molecule has 2 aromatic rings. The lowest BCUT2D eigenvalue weighted by Gasteiger charge is -2.34. The summed E-state index contributed by atoms with van der Waals surface area (Å²) in [4.78, 5) is 12.9. The largest absolute Gasteiger partial charge is 0.476 e. The number of fused-ring (bicyclic) bond motifs is 1. The van der Waals surface area contributed by atoms with Crippen LogP contribution in [0.5, 0.6) is 5.75 Å². The van der Waals surface area contributed by atoms with Gasteiger partial charge in [0.25, 0.3) is 5.91 Å². The molecular formula is C21H26N2O4S. The monoisotopic (exact) mass is 402 g/mol. The van der Waals surface area contributed by atoms with Crippen molar-refractivity contribution in [3.63, 3.8) is 0 Å². The number of sulfonamides is 1. The molecule has 0 aromatic heterocycles. The van der Waals surface area contributed by atoms with Gasteiger partial charge in [-0.15, -0.1) is 0 Å². The van der Waals surface area contributed by atoms with Crippen molar-refractivity contribution in [3.05, 3.63) is 58.7 Å². The summed E-state index contributed by atoms with van der Waals surface area (Å²) >= 11 is 0. The van der Waals surface area contributed by atoms with E-state index in [0.29, 0.717) is 11.4 Å². The van der Waals surface area contributed by atoms with Gasteiger partial charge in [0.15, 0.2) is 6.10 Å². The fourth-order valence-corrected chi connectivity index (χ4v) is 4.40. The van der Waals surface area contributed by atoms with Crippen molar-refractivity contribution in [1.29, 1.82) is 0 Å². The minimum atomic E-state index is -3.53. The van der Waals surface area contributed by atoms with Crippen LogP contribution in [0.15, 0.2) is 36.4 Å². The van der Waals surface area contributed by atoms with E-state index in [2.05, 4.69) is 24.4 Å². The maximum Gasteiger partial charge on any atom is 0.263 e. The molecule has 1 heterocycles. The van der Waals surface area contributed by atoms with Crippen molar-refractivity contribution in [2.75, 3.05) is 17.1 Å². The molecule has 0 saturated heterocycles. The van der Waals surface area contributed by atoms with Crippen molar-refractivity contribution in [2.24, 2.45) is 0 Å². The Morgan fingerprint density at radius 2 is 1.79 bits per heavy atom. The second-order valence-corrected chi connectivity index (χ2v) is 9.30. The summed E-state index contributed by atoms with van der Waals surface area (Å²) in [6, 6.07) is 10.8. The van der Waals surface area contributed by atoms with E-state index in [9.17, 15) is 13.2 Å². The maximum absolute atomic E-state index is 12.9. The summed E-state index contributed by atoms with van der Waals surface area (Å²) in [5.74, 6) is 0.0441. The van der Waals surface area contributed by atoms with E-state index in [-0.39, 0.29) is 18.5 Å². The molecule has 28 heavy (non-hydrogen) atoms. The van der Waals surface area contributed by atoms with Gasteiger partial charge >= 0.3 is 0 Å². The number of rotatable bonds is 4. The van der Waals surface area contributed by atoms with Gasteiger partial charge in [0.2, 0.25) is 10.0 Å². The van der Waals surface area contributed by atoms with Crippen LogP contribution in [0.4, 0.5) is 5.69 Å². The molecule has 7 heteroatoms. The summed E-state index contributed by atoms with van der Waals surface area (Å²) in [5.41, 5.74) is 4.95. The summed E-state index contributed by atoms with van der Waals surface area (Å²) < 4.78 is 31.5. The average Bonchev–Trinajstić information content (AvgIpc) is 2.62. The molecular weight excluding hydrogens is 376 g/mol. The van der Waals surface area contributed by atoms with Gasteiger partial charge in [-0.2, -0.15) is 0 Å². The topological polar surface area (TPSA) is 75.7 Å². The Bertz CT molecular complexity index is 1020. The van der Waals surface area contributed by atoms with Gasteiger partial charge in [-0.25, -0.2) is 8.42 Å². The predicted octanol–water partition coefficient (Wildman–Crippen LogP) is 3.02. The standard InChI is InChI=1S/C21H26N2O4S/c1-13-10-15(3)17(11-14(13)2)16(4)22-21(24)20-12-23(28(5,25)26)18-8-6-7-9-19(18)27-20/h6-11,16,20H,12H2,1-5H3,(H,22,24)/t16-,20-/m1/s1. The quantitative estimate of drug-likeness (QED) is 0.853. The fourth-order valence-electron chi connectivity index (χ4n) is 3.49. The van der Waals surface area contributed by atoms with E-state index in [1.54, 1.807) is 24.3 Å². The summed E-state index contributed by atoms with van der Waals surface area (Å²) in [6.07, 6.45) is 0.212. The predicted molar refractivity (Wildman–Crippen MR) is 110 cm³/mol. The second-order valence-electron chi connectivity index (χ2n) is 7.39. The zero-order valence-corrected chi connectivity index (χ0v) is 17.6. The third-order valence-corrected chi connectivity index (χ3v) is 6.28. The Morgan fingerprint density at radius 1 is 1.14 bits per heavy atom. The van der Waals surface area contributed by atoms with E-state index in [0.717, 1.165) is 22.9 Å². The van der Waals surface area contributed by atoms with Crippen molar-refractivity contribution >= 4 is 21.6 Å². The van der Waals surface area contributed by atoms with Crippen LogP contribution in [-0.4, -0.2) is 33.2 Å². The highest BCUT2D eigenvalue weighted by molar-refractivity contribution is 7.92. The van der Waals surface area contributed by atoms with E-state index in [1.165, 1.54) is 9.87 Å². The molecule has 1 amide bonds. The molecule has 0 fully saturated rings. The smallest absolute Gasteiger partial charge is 0.263 e. The summed E-state index contributed by atoms with van der Waals surface area (Å²) in [6.45, 7) is 7.98. The Hall–Kier alpha value is -2.54. The molecule has 1 N–H and O–H groups in total. The van der Waals surface area contributed by atoms with Gasteiger partial charge in [0, 0.05) is 0 Å². The highest BCUT2D eigenvalue weighted by Gasteiger charge is 2.35. The number of ether oxygens (including phenoxy) is 1. The Morgan fingerprint density at radius 3 is 2.46 bits per heavy atom. The maximum atomic E-state index is 12.9.